The lowest BCUT2D eigenvalue weighted by Gasteiger charge is -2.00. The Morgan fingerprint density at radius 3 is 2.50 bits per heavy atom. The molecule has 0 atom stereocenters. The summed E-state index contributed by atoms with van der Waals surface area (Å²) >= 11 is 6.70. The van der Waals surface area contributed by atoms with Gasteiger partial charge in [-0.15, -0.1) is 0 Å². The van der Waals surface area contributed by atoms with Crippen molar-refractivity contribution in [2.24, 2.45) is 0 Å². The van der Waals surface area contributed by atoms with Gasteiger partial charge >= 0.3 is 0 Å². The van der Waals surface area contributed by atoms with Crippen LogP contribution in [0.5, 0.6) is 0 Å². The highest BCUT2D eigenvalue weighted by Gasteiger charge is 1.99. The van der Waals surface area contributed by atoms with Crippen LogP contribution in [-0.2, 0) is 0 Å². The Bertz CT molecular complexity index is 440. The van der Waals surface area contributed by atoms with Gasteiger partial charge in [-0.2, -0.15) is 0 Å². The molecule has 0 aromatic carbocycles. The van der Waals surface area contributed by atoms with E-state index in [0.717, 1.165) is 20.3 Å². The summed E-state index contributed by atoms with van der Waals surface area (Å²) in [6, 6.07) is 7.74. The first-order chi connectivity index (χ1) is 6.75. The fourth-order valence-corrected chi connectivity index (χ4v) is 1.66. The van der Waals surface area contributed by atoms with Gasteiger partial charge < -0.3 is 0 Å². The van der Waals surface area contributed by atoms with Crippen molar-refractivity contribution in [3.05, 3.63) is 45.7 Å². The minimum absolute atomic E-state index is 0.830. The van der Waals surface area contributed by atoms with Gasteiger partial charge in [-0.1, -0.05) is 15.9 Å². The van der Waals surface area contributed by atoms with Crippen LogP contribution in [0.15, 0.2) is 45.7 Å². The summed E-state index contributed by atoms with van der Waals surface area (Å²) in [7, 11) is 0. The summed E-state index contributed by atoms with van der Waals surface area (Å²) in [5, 5.41) is 0. The van der Waals surface area contributed by atoms with Gasteiger partial charge in [0.15, 0.2) is 0 Å². The smallest absolute Gasteiger partial charge is 0.106 e. The summed E-state index contributed by atoms with van der Waals surface area (Å²) in [6.45, 7) is 0. The topological polar surface area (TPSA) is 25.8 Å². The summed E-state index contributed by atoms with van der Waals surface area (Å²) < 4.78 is 1.85. The predicted octanol–water partition coefficient (Wildman–Crippen LogP) is 3.67. The molecule has 2 nitrogen and oxygen atoms in total. The van der Waals surface area contributed by atoms with Crippen molar-refractivity contribution in [1.82, 2.24) is 9.97 Å². The molecular formula is C10H6Br2N2. The Kier molecular flexibility index (Phi) is 2.93. The van der Waals surface area contributed by atoms with Crippen LogP contribution in [0, 0.1) is 0 Å². The van der Waals surface area contributed by atoms with Crippen LogP contribution in [0.3, 0.4) is 0 Å². The fraction of sp³-hybridized carbons (Fsp3) is 0. The molecule has 0 fully saturated rings. The molecule has 0 N–H and O–H groups in total. The molecule has 0 radical (unpaired) electrons. The maximum absolute atomic E-state index is 4.25. The third-order valence-electron chi connectivity index (χ3n) is 1.75. The Morgan fingerprint density at radius 2 is 1.86 bits per heavy atom. The zero-order valence-electron chi connectivity index (χ0n) is 7.11. The standard InChI is InChI=1S/C10H6Br2N2/c11-8-3-4-13-9(5-8)7-1-2-10(12)14-6-7/h1-6H. The first-order valence-electron chi connectivity index (χ1n) is 3.99. The van der Waals surface area contributed by atoms with Gasteiger partial charge in [0.1, 0.15) is 4.60 Å². The molecule has 0 aliphatic carbocycles. The second kappa shape index (κ2) is 4.19. The van der Waals surface area contributed by atoms with E-state index in [4.69, 9.17) is 0 Å². The largest absolute Gasteiger partial charge is 0.256 e. The number of hydrogen-bond donors (Lipinski definition) is 0. The summed E-state index contributed by atoms with van der Waals surface area (Å²) in [5.74, 6) is 0. The molecule has 0 aliphatic rings. The lowest BCUT2D eigenvalue weighted by molar-refractivity contribution is 1.25. The molecule has 2 heterocycles. The van der Waals surface area contributed by atoms with E-state index in [1.54, 1.807) is 12.4 Å². The fourth-order valence-electron chi connectivity index (χ4n) is 1.09. The van der Waals surface area contributed by atoms with Gasteiger partial charge in [0.05, 0.1) is 5.69 Å². The van der Waals surface area contributed by atoms with E-state index in [-0.39, 0.29) is 0 Å². The van der Waals surface area contributed by atoms with Crippen molar-refractivity contribution in [2.45, 2.75) is 0 Å². The molecule has 0 unspecified atom stereocenters. The first-order valence-corrected chi connectivity index (χ1v) is 5.58. The van der Waals surface area contributed by atoms with Crippen molar-refractivity contribution in [3.63, 3.8) is 0 Å². The van der Waals surface area contributed by atoms with Crippen molar-refractivity contribution in [1.29, 1.82) is 0 Å². The van der Waals surface area contributed by atoms with E-state index in [1.807, 2.05) is 24.3 Å². The maximum Gasteiger partial charge on any atom is 0.106 e. The van der Waals surface area contributed by atoms with Crippen molar-refractivity contribution in [2.75, 3.05) is 0 Å². The minimum Gasteiger partial charge on any atom is -0.256 e. The van der Waals surface area contributed by atoms with Crippen molar-refractivity contribution >= 4 is 31.9 Å². The number of aromatic nitrogens is 2. The molecular weight excluding hydrogens is 308 g/mol. The number of pyridine rings is 2. The second-order valence-corrected chi connectivity index (χ2v) is 4.46. The van der Waals surface area contributed by atoms with Crippen LogP contribution in [0.25, 0.3) is 11.3 Å². The number of rotatable bonds is 1. The van der Waals surface area contributed by atoms with Gasteiger partial charge in [-0.3, -0.25) is 4.98 Å². The molecule has 0 spiro atoms. The normalized spacial score (nSPS) is 10.1. The minimum atomic E-state index is 0.830. The van der Waals surface area contributed by atoms with E-state index in [9.17, 15) is 0 Å². The highest BCUT2D eigenvalue weighted by molar-refractivity contribution is 9.10. The third-order valence-corrected chi connectivity index (χ3v) is 2.71. The van der Waals surface area contributed by atoms with Crippen LogP contribution in [0.1, 0.15) is 0 Å². The number of hydrogen-bond acceptors (Lipinski definition) is 2. The van der Waals surface area contributed by atoms with E-state index >= 15 is 0 Å². The highest BCUT2D eigenvalue weighted by Crippen LogP contribution is 2.20. The van der Waals surface area contributed by atoms with E-state index < -0.39 is 0 Å². The molecule has 2 aromatic rings. The molecule has 2 aromatic heterocycles. The zero-order chi connectivity index (χ0) is 9.97. The van der Waals surface area contributed by atoms with Crippen molar-refractivity contribution in [3.8, 4) is 11.3 Å². The molecule has 2 rings (SSSR count). The van der Waals surface area contributed by atoms with Gasteiger partial charge in [0.25, 0.3) is 0 Å². The summed E-state index contributed by atoms with van der Waals surface area (Å²) in [5.41, 5.74) is 1.92. The molecule has 0 amide bonds. The molecule has 0 saturated heterocycles. The van der Waals surface area contributed by atoms with Crippen LogP contribution >= 0.6 is 31.9 Å². The number of halogens is 2. The SMILES string of the molecule is Brc1ccnc(-c2ccc(Br)nc2)c1. The Hall–Kier alpha value is -0.740. The summed E-state index contributed by atoms with van der Waals surface area (Å²) in [4.78, 5) is 8.40. The lowest BCUT2D eigenvalue weighted by Crippen LogP contribution is -1.84. The predicted molar refractivity (Wildman–Crippen MR) is 62.9 cm³/mol. The van der Waals surface area contributed by atoms with Crippen LogP contribution in [0.2, 0.25) is 0 Å². The molecule has 14 heavy (non-hydrogen) atoms. The lowest BCUT2D eigenvalue weighted by atomic mass is 10.2. The average molecular weight is 314 g/mol. The molecule has 0 bridgehead atoms. The number of nitrogens with zero attached hydrogens (tertiary/aromatic N) is 2. The van der Waals surface area contributed by atoms with Gasteiger partial charge in [0.2, 0.25) is 0 Å². The monoisotopic (exact) mass is 312 g/mol. The average Bonchev–Trinajstić information content (AvgIpc) is 2.19. The second-order valence-electron chi connectivity index (χ2n) is 2.73. The molecule has 70 valence electrons. The van der Waals surface area contributed by atoms with E-state index in [2.05, 4.69) is 41.8 Å². The van der Waals surface area contributed by atoms with Crippen LogP contribution < -0.4 is 0 Å². The van der Waals surface area contributed by atoms with Crippen molar-refractivity contribution < 1.29 is 0 Å². The highest BCUT2D eigenvalue weighted by atomic mass is 79.9. The summed E-state index contributed by atoms with van der Waals surface area (Å²) in [6.07, 6.45) is 3.56. The van der Waals surface area contributed by atoms with E-state index in [1.165, 1.54) is 0 Å². The Labute approximate surface area is 98.7 Å². The first kappa shape index (κ1) is 9.80. The quantitative estimate of drug-likeness (QED) is 0.751. The Morgan fingerprint density at radius 1 is 1.00 bits per heavy atom. The molecule has 0 aliphatic heterocycles. The van der Waals surface area contributed by atoms with Crippen LogP contribution in [-0.4, -0.2) is 9.97 Å². The molecule has 4 heteroatoms. The third kappa shape index (κ3) is 2.19. The van der Waals surface area contributed by atoms with E-state index in [0.29, 0.717) is 0 Å². The maximum atomic E-state index is 4.25. The van der Waals surface area contributed by atoms with Crippen LogP contribution in [0.4, 0.5) is 0 Å². The molecule has 0 saturated carbocycles. The zero-order valence-corrected chi connectivity index (χ0v) is 10.3. The Balaban J connectivity index is 2.44. The van der Waals surface area contributed by atoms with Gasteiger partial charge in [-0.25, -0.2) is 4.98 Å². The van der Waals surface area contributed by atoms with Gasteiger partial charge in [-0.05, 0) is 40.2 Å². The van der Waals surface area contributed by atoms with Gasteiger partial charge in [0, 0.05) is 22.4 Å².